The zero-order valence-electron chi connectivity index (χ0n) is 11.0. The Labute approximate surface area is 119 Å². The Morgan fingerprint density at radius 1 is 1.32 bits per heavy atom. The molecule has 1 aromatic carbocycles. The second-order valence-electron chi connectivity index (χ2n) is 5.16. The maximum Gasteiger partial charge on any atom is 0.138 e. The summed E-state index contributed by atoms with van der Waals surface area (Å²) in [7, 11) is 0. The average Bonchev–Trinajstić information content (AvgIpc) is 2.41. The van der Waals surface area contributed by atoms with E-state index in [0.717, 1.165) is 6.61 Å². The Kier molecular flexibility index (Phi) is 5.28. The summed E-state index contributed by atoms with van der Waals surface area (Å²) >= 11 is 4.82. The molecule has 0 saturated heterocycles. The van der Waals surface area contributed by atoms with Crippen LogP contribution >= 0.6 is 12.2 Å². The van der Waals surface area contributed by atoms with Crippen LogP contribution in [0.1, 0.15) is 43.2 Å². The van der Waals surface area contributed by atoms with Crippen LogP contribution in [0.2, 0.25) is 0 Å². The molecule has 104 valence electrons. The van der Waals surface area contributed by atoms with Gasteiger partial charge in [0.15, 0.2) is 0 Å². The molecule has 1 aliphatic rings. The number of hydrogen-bond donors (Lipinski definition) is 1. The predicted octanol–water partition coefficient (Wildman–Crippen LogP) is 3.56. The van der Waals surface area contributed by atoms with Gasteiger partial charge in [-0.2, -0.15) is 0 Å². The van der Waals surface area contributed by atoms with Crippen molar-refractivity contribution in [2.24, 2.45) is 11.7 Å². The van der Waals surface area contributed by atoms with Gasteiger partial charge in [-0.25, -0.2) is 4.39 Å². The fourth-order valence-electron chi connectivity index (χ4n) is 2.57. The summed E-state index contributed by atoms with van der Waals surface area (Å²) in [6, 6.07) is 5.08. The first kappa shape index (κ1) is 14.4. The fourth-order valence-corrected chi connectivity index (χ4v) is 2.73. The van der Waals surface area contributed by atoms with Crippen molar-refractivity contribution in [3.05, 3.63) is 35.1 Å². The monoisotopic (exact) mass is 281 g/mol. The Morgan fingerprint density at radius 2 is 2.05 bits per heavy atom. The van der Waals surface area contributed by atoms with Gasteiger partial charge in [-0.1, -0.05) is 43.6 Å². The Hall–Kier alpha value is -1.00. The number of halogens is 1. The lowest BCUT2D eigenvalue weighted by Crippen LogP contribution is -2.15. The summed E-state index contributed by atoms with van der Waals surface area (Å²) in [4.78, 5) is 0.0895. The molecule has 0 aromatic heterocycles. The first-order chi connectivity index (χ1) is 9.18. The number of rotatable bonds is 5. The van der Waals surface area contributed by atoms with E-state index in [1.165, 1.54) is 32.1 Å². The number of benzene rings is 1. The van der Waals surface area contributed by atoms with Crippen LogP contribution in [0.5, 0.6) is 0 Å². The highest BCUT2D eigenvalue weighted by Gasteiger charge is 2.14. The number of nitrogens with two attached hydrogens (primary N) is 1. The highest BCUT2D eigenvalue weighted by molar-refractivity contribution is 7.80. The van der Waals surface area contributed by atoms with E-state index in [1.807, 2.05) is 0 Å². The summed E-state index contributed by atoms with van der Waals surface area (Å²) in [5.74, 6) is 0.286. The minimum Gasteiger partial charge on any atom is -0.389 e. The molecule has 0 radical (unpaired) electrons. The Bertz CT molecular complexity index is 444. The van der Waals surface area contributed by atoms with Crippen LogP contribution in [0.15, 0.2) is 18.2 Å². The highest BCUT2D eigenvalue weighted by Crippen LogP contribution is 2.24. The van der Waals surface area contributed by atoms with E-state index >= 15 is 0 Å². The molecule has 1 aromatic rings. The van der Waals surface area contributed by atoms with Crippen molar-refractivity contribution in [2.75, 3.05) is 6.61 Å². The first-order valence-electron chi connectivity index (χ1n) is 6.83. The molecule has 2 N–H and O–H groups in total. The molecular formula is C15H20FNOS. The molecule has 19 heavy (non-hydrogen) atoms. The van der Waals surface area contributed by atoms with E-state index in [9.17, 15) is 4.39 Å². The third-order valence-electron chi connectivity index (χ3n) is 3.68. The van der Waals surface area contributed by atoms with Gasteiger partial charge in [0.05, 0.1) is 6.61 Å². The summed E-state index contributed by atoms with van der Waals surface area (Å²) in [6.07, 6.45) is 6.38. The minimum atomic E-state index is -0.348. The quantitative estimate of drug-likeness (QED) is 0.838. The van der Waals surface area contributed by atoms with E-state index in [1.54, 1.807) is 18.2 Å². The van der Waals surface area contributed by atoms with Crippen LogP contribution in [0, 0.1) is 11.7 Å². The molecule has 4 heteroatoms. The lowest BCUT2D eigenvalue weighted by Gasteiger charge is -2.21. The van der Waals surface area contributed by atoms with Crippen molar-refractivity contribution in [1.29, 1.82) is 0 Å². The highest BCUT2D eigenvalue weighted by atomic mass is 32.1. The average molecular weight is 281 g/mol. The van der Waals surface area contributed by atoms with Crippen molar-refractivity contribution in [3.8, 4) is 0 Å². The van der Waals surface area contributed by atoms with Crippen LogP contribution in [-0.2, 0) is 11.3 Å². The van der Waals surface area contributed by atoms with Gasteiger partial charge in [-0.15, -0.1) is 0 Å². The first-order valence-corrected chi connectivity index (χ1v) is 7.24. The van der Waals surface area contributed by atoms with Crippen molar-refractivity contribution in [3.63, 3.8) is 0 Å². The van der Waals surface area contributed by atoms with Gasteiger partial charge in [0.1, 0.15) is 10.8 Å². The molecule has 0 bridgehead atoms. The lowest BCUT2D eigenvalue weighted by atomic mass is 9.90. The van der Waals surface area contributed by atoms with Gasteiger partial charge < -0.3 is 10.5 Å². The van der Waals surface area contributed by atoms with E-state index in [-0.39, 0.29) is 10.8 Å². The van der Waals surface area contributed by atoms with Crippen LogP contribution in [0.3, 0.4) is 0 Å². The third kappa shape index (κ3) is 3.98. The van der Waals surface area contributed by atoms with E-state index in [2.05, 4.69) is 0 Å². The second-order valence-corrected chi connectivity index (χ2v) is 5.60. The normalized spacial score (nSPS) is 16.5. The van der Waals surface area contributed by atoms with Gasteiger partial charge in [-0.3, -0.25) is 0 Å². The summed E-state index contributed by atoms with van der Waals surface area (Å²) in [6.45, 7) is 1.01. The second kappa shape index (κ2) is 6.96. The largest absolute Gasteiger partial charge is 0.389 e. The molecular weight excluding hydrogens is 261 g/mol. The molecule has 0 spiro atoms. The standard InChI is InChI=1S/C15H20FNOS/c16-14-12(7-4-8-13(14)15(17)19)10-18-9-11-5-2-1-3-6-11/h4,7-8,11H,1-3,5-6,9-10H2,(H2,17,19). The predicted molar refractivity (Wildman–Crippen MR) is 78.5 cm³/mol. The van der Waals surface area contributed by atoms with Crippen molar-refractivity contribution < 1.29 is 9.13 Å². The van der Waals surface area contributed by atoms with Crippen LogP contribution in [-0.4, -0.2) is 11.6 Å². The molecule has 1 fully saturated rings. The zero-order chi connectivity index (χ0) is 13.7. The van der Waals surface area contributed by atoms with Gasteiger partial charge in [-0.05, 0) is 24.8 Å². The van der Waals surface area contributed by atoms with Gasteiger partial charge in [0.2, 0.25) is 0 Å². The number of thiocarbonyl (C=S) groups is 1. The van der Waals surface area contributed by atoms with Crippen LogP contribution in [0.25, 0.3) is 0 Å². The maximum absolute atomic E-state index is 14.0. The van der Waals surface area contributed by atoms with Gasteiger partial charge >= 0.3 is 0 Å². The Morgan fingerprint density at radius 3 is 2.74 bits per heavy atom. The van der Waals surface area contributed by atoms with Gasteiger partial charge in [0.25, 0.3) is 0 Å². The lowest BCUT2D eigenvalue weighted by molar-refractivity contribution is 0.0723. The van der Waals surface area contributed by atoms with E-state index in [0.29, 0.717) is 23.7 Å². The molecule has 0 unspecified atom stereocenters. The molecule has 0 heterocycles. The summed E-state index contributed by atoms with van der Waals surface area (Å²) in [5, 5.41) is 0. The van der Waals surface area contributed by atoms with Gasteiger partial charge in [0, 0.05) is 17.7 Å². The van der Waals surface area contributed by atoms with Crippen LogP contribution < -0.4 is 5.73 Å². The minimum absolute atomic E-state index is 0.0895. The molecule has 0 atom stereocenters. The van der Waals surface area contributed by atoms with Crippen molar-refractivity contribution >= 4 is 17.2 Å². The molecule has 0 amide bonds. The molecule has 1 saturated carbocycles. The Balaban J connectivity index is 1.88. The smallest absolute Gasteiger partial charge is 0.138 e. The van der Waals surface area contributed by atoms with E-state index in [4.69, 9.17) is 22.7 Å². The van der Waals surface area contributed by atoms with Crippen molar-refractivity contribution in [1.82, 2.24) is 0 Å². The van der Waals surface area contributed by atoms with Crippen LogP contribution in [0.4, 0.5) is 4.39 Å². The molecule has 0 aliphatic heterocycles. The zero-order valence-corrected chi connectivity index (χ0v) is 11.8. The molecule has 2 nitrogen and oxygen atoms in total. The SMILES string of the molecule is NC(=S)c1cccc(COCC2CCCCC2)c1F. The number of ether oxygens (including phenoxy) is 1. The van der Waals surface area contributed by atoms with Crippen molar-refractivity contribution in [2.45, 2.75) is 38.7 Å². The fraction of sp³-hybridized carbons (Fsp3) is 0.533. The van der Waals surface area contributed by atoms with E-state index < -0.39 is 0 Å². The number of hydrogen-bond acceptors (Lipinski definition) is 2. The summed E-state index contributed by atoms with van der Waals surface area (Å²) in [5.41, 5.74) is 6.31. The molecule has 1 aliphatic carbocycles. The summed E-state index contributed by atoms with van der Waals surface area (Å²) < 4.78 is 19.7. The third-order valence-corrected chi connectivity index (χ3v) is 3.90. The maximum atomic E-state index is 14.0. The topological polar surface area (TPSA) is 35.2 Å². The molecule has 2 rings (SSSR count).